The van der Waals surface area contributed by atoms with Crippen LogP contribution in [0.15, 0.2) is 63.1 Å². The summed E-state index contributed by atoms with van der Waals surface area (Å²) in [6, 6.07) is 3.96. The molecule has 0 aromatic carbocycles. The summed E-state index contributed by atoms with van der Waals surface area (Å²) < 4.78 is 39.8. The van der Waals surface area contributed by atoms with Gasteiger partial charge in [-0.15, -0.1) is 36.3 Å². The molecule has 1 fully saturated rings. The number of pyridine rings is 1. The lowest BCUT2D eigenvalue weighted by Gasteiger charge is -2.49. The Morgan fingerprint density at radius 3 is 2.85 bits per heavy atom. The molecular formula is C23H18F3N6O5S3+. The SMILES string of the molecule is Nc1nc(/C(=N/OC(F)(F)F)C(=O)N[C@@H]2C(=O)N3C(C(=O)O)=C(/C=C/C[n+]4cccc5ccsc54)SC[C@H]23)cs1. The van der Waals surface area contributed by atoms with E-state index >= 15 is 0 Å². The average Bonchev–Trinajstić information content (AvgIpc) is 3.55. The van der Waals surface area contributed by atoms with Gasteiger partial charge in [-0.2, -0.15) is 4.57 Å². The van der Waals surface area contributed by atoms with Gasteiger partial charge in [-0.25, -0.2) is 9.78 Å². The molecule has 5 heterocycles. The van der Waals surface area contributed by atoms with Crippen molar-refractivity contribution in [2.75, 3.05) is 11.5 Å². The lowest BCUT2D eigenvalue weighted by atomic mass is 9.94. The number of alkyl halides is 3. The Morgan fingerprint density at radius 2 is 2.15 bits per heavy atom. The van der Waals surface area contributed by atoms with Crippen molar-refractivity contribution >= 4 is 73.3 Å². The average molecular weight is 612 g/mol. The van der Waals surface area contributed by atoms with Gasteiger partial charge in [0.1, 0.15) is 17.4 Å². The van der Waals surface area contributed by atoms with Gasteiger partial charge in [0.2, 0.25) is 0 Å². The van der Waals surface area contributed by atoms with E-state index in [-0.39, 0.29) is 22.3 Å². The molecule has 11 nitrogen and oxygen atoms in total. The van der Waals surface area contributed by atoms with Crippen LogP contribution in [0.2, 0.25) is 0 Å². The van der Waals surface area contributed by atoms with E-state index in [2.05, 4.69) is 20.3 Å². The third kappa shape index (κ3) is 5.52. The summed E-state index contributed by atoms with van der Waals surface area (Å²) in [6.07, 6.45) is 0.158. The molecule has 0 saturated carbocycles. The fourth-order valence-corrected chi connectivity index (χ4v) is 6.80. The van der Waals surface area contributed by atoms with E-state index in [1.165, 1.54) is 17.1 Å². The standard InChI is InChI=1S/C23H17F3N6O5S3/c24-23(25,26)37-30-15(12-9-40-22(27)28-12)18(33)29-16-13-10-39-14(17(21(35)36)32(13)19(16)34)4-2-7-31-6-1-3-11-5-8-38-20(11)31/h1-6,8-9,13,16H,7,10H2,(H3-,27,28,29,33,35,36)/p+1/b4-2+,30-15-/t13-,16+/m1/s1. The van der Waals surface area contributed by atoms with E-state index in [0.717, 1.165) is 26.5 Å². The number of carboxylic acids is 1. The minimum absolute atomic E-state index is 0.0284. The topological polar surface area (TPSA) is 151 Å². The molecule has 17 heteroatoms. The van der Waals surface area contributed by atoms with Crippen molar-refractivity contribution in [3.63, 3.8) is 0 Å². The van der Waals surface area contributed by atoms with Gasteiger partial charge in [-0.05, 0) is 29.7 Å². The summed E-state index contributed by atoms with van der Waals surface area (Å²) in [5.41, 5.74) is 4.16. The number of halogens is 3. The normalized spacial score (nSPS) is 19.6. The fraction of sp³-hybridized carbons (Fsp3) is 0.217. The number of aliphatic carboxylic acids is 1. The van der Waals surface area contributed by atoms with Crippen LogP contribution in [0.4, 0.5) is 18.3 Å². The zero-order valence-electron chi connectivity index (χ0n) is 20.0. The maximum absolute atomic E-state index is 13.0. The van der Waals surface area contributed by atoms with E-state index in [4.69, 9.17) is 5.73 Å². The highest BCUT2D eigenvalue weighted by Crippen LogP contribution is 2.39. The van der Waals surface area contributed by atoms with Gasteiger partial charge >= 0.3 is 12.3 Å². The summed E-state index contributed by atoms with van der Waals surface area (Å²) in [4.78, 5) is 47.6. The first kappa shape index (κ1) is 27.6. The number of hydrogen-bond donors (Lipinski definition) is 3. The number of carboxylic acid groups (broad SMARTS) is 1. The van der Waals surface area contributed by atoms with E-state index in [9.17, 15) is 32.7 Å². The largest absolute Gasteiger partial charge is 0.593 e. The number of allylic oxidation sites excluding steroid dienone is 2. The van der Waals surface area contributed by atoms with E-state index in [0.29, 0.717) is 11.4 Å². The number of rotatable bonds is 8. The molecule has 3 aromatic heterocycles. The number of carbonyl (C=O) groups is 3. The highest BCUT2D eigenvalue weighted by molar-refractivity contribution is 8.03. The Balaban J connectivity index is 1.32. The quantitative estimate of drug-likeness (QED) is 0.152. The van der Waals surface area contributed by atoms with Crippen LogP contribution in [0.25, 0.3) is 10.2 Å². The van der Waals surface area contributed by atoms with Crippen molar-refractivity contribution in [2.24, 2.45) is 5.16 Å². The molecule has 40 heavy (non-hydrogen) atoms. The van der Waals surface area contributed by atoms with Gasteiger partial charge in [0.15, 0.2) is 23.6 Å². The minimum Gasteiger partial charge on any atom is -0.477 e. The van der Waals surface area contributed by atoms with Gasteiger partial charge in [0.05, 0.1) is 11.4 Å². The second-order valence-electron chi connectivity index (χ2n) is 8.35. The van der Waals surface area contributed by atoms with Crippen LogP contribution in [-0.4, -0.2) is 62.7 Å². The molecule has 3 aromatic rings. The highest BCUT2D eigenvalue weighted by atomic mass is 32.2. The number of carbonyl (C=O) groups excluding carboxylic acids is 2. The smallest absolute Gasteiger partial charge is 0.477 e. The minimum atomic E-state index is -5.17. The maximum atomic E-state index is 13.0. The molecule has 4 N–H and O–H groups in total. The van der Waals surface area contributed by atoms with Crippen molar-refractivity contribution in [3.8, 4) is 0 Å². The Morgan fingerprint density at radius 1 is 1.35 bits per heavy atom. The predicted octanol–water partition coefficient (Wildman–Crippen LogP) is 2.46. The molecule has 0 bridgehead atoms. The number of nitrogens with two attached hydrogens (primary N) is 1. The van der Waals surface area contributed by atoms with Crippen LogP contribution in [0.5, 0.6) is 0 Å². The molecule has 0 spiro atoms. The zero-order valence-corrected chi connectivity index (χ0v) is 22.4. The molecule has 0 aliphatic carbocycles. The molecule has 2 aliphatic heterocycles. The number of thiophene rings is 1. The van der Waals surface area contributed by atoms with Crippen LogP contribution in [0.3, 0.4) is 0 Å². The van der Waals surface area contributed by atoms with Crippen LogP contribution < -0.4 is 15.6 Å². The summed E-state index contributed by atoms with van der Waals surface area (Å²) in [5, 5.41) is 19.3. The fourth-order valence-electron chi connectivity index (χ4n) is 4.16. The molecule has 2 aliphatic rings. The highest BCUT2D eigenvalue weighted by Gasteiger charge is 2.54. The van der Waals surface area contributed by atoms with Gasteiger partial charge in [-0.3, -0.25) is 19.3 Å². The monoisotopic (exact) mass is 611 g/mol. The summed E-state index contributed by atoms with van der Waals surface area (Å²) >= 11 is 3.62. The Bertz CT molecular complexity index is 1600. The van der Waals surface area contributed by atoms with E-state index < -0.39 is 41.9 Å². The van der Waals surface area contributed by atoms with Gasteiger partial charge in [-0.1, -0.05) is 16.5 Å². The van der Waals surface area contributed by atoms with Gasteiger partial charge in [0.25, 0.3) is 16.6 Å². The lowest BCUT2D eigenvalue weighted by Crippen LogP contribution is -2.73. The number of oxime groups is 1. The second-order valence-corrected chi connectivity index (χ2v) is 11.2. The molecule has 2 atom stereocenters. The summed E-state index contributed by atoms with van der Waals surface area (Å²) in [7, 11) is 0. The molecule has 1 saturated heterocycles. The number of nitrogens with one attached hydrogen (secondary N) is 1. The van der Waals surface area contributed by atoms with Crippen molar-refractivity contribution in [2.45, 2.75) is 25.0 Å². The number of nitrogen functional groups attached to an aromatic ring is 1. The predicted molar refractivity (Wildman–Crippen MR) is 141 cm³/mol. The van der Waals surface area contributed by atoms with Crippen molar-refractivity contribution in [1.29, 1.82) is 0 Å². The Hall–Kier alpha value is -3.96. The number of hydrogen-bond acceptors (Lipinski definition) is 10. The third-order valence-corrected chi connectivity index (χ3v) is 8.65. The number of thiazole rings is 1. The number of thioether (sulfide) groups is 1. The molecule has 0 unspecified atom stereocenters. The Kier molecular flexibility index (Phi) is 7.52. The number of aromatic nitrogens is 2. The van der Waals surface area contributed by atoms with Crippen molar-refractivity contribution < 1.29 is 42.1 Å². The first-order chi connectivity index (χ1) is 19.0. The summed E-state index contributed by atoms with van der Waals surface area (Å²) in [6.45, 7) is 0.466. The number of anilines is 1. The number of β-lactam (4-membered cyclic amide) rings is 1. The first-order valence-corrected chi connectivity index (χ1v) is 14.1. The number of fused-ring (bicyclic) bond motifs is 2. The molecule has 208 valence electrons. The maximum Gasteiger partial charge on any atom is 0.593 e. The van der Waals surface area contributed by atoms with Crippen LogP contribution in [0, 0.1) is 0 Å². The molecule has 5 rings (SSSR count). The third-order valence-electron chi connectivity index (χ3n) is 5.86. The van der Waals surface area contributed by atoms with Crippen LogP contribution in [-0.2, 0) is 25.8 Å². The zero-order chi connectivity index (χ0) is 28.6. The van der Waals surface area contributed by atoms with Gasteiger partial charge < -0.3 is 16.2 Å². The molecule has 0 radical (unpaired) electrons. The van der Waals surface area contributed by atoms with Crippen molar-refractivity contribution in [1.82, 2.24) is 15.2 Å². The number of amides is 2. The first-order valence-electron chi connectivity index (χ1n) is 11.3. The van der Waals surface area contributed by atoms with Crippen molar-refractivity contribution in [3.05, 3.63) is 63.6 Å². The summed E-state index contributed by atoms with van der Waals surface area (Å²) in [5.74, 6) is -2.99. The molecule has 2 amide bonds. The van der Waals surface area contributed by atoms with E-state index in [1.54, 1.807) is 23.5 Å². The molecular weight excluding hydrogens is 593 g/mol. The Labute approximate surface area is 235 Å². The van der Waals surface area contributed by atoms with E-state index in [1.807, 2.05) is 34.3 Å². The number of nitrogens with zero attached hydrogens (tertiary/aromatic N) is 4. The van der Waals surface area contributed by atoms with Crippen LogP contribution in [0.1, 0.15) is 5.69 Å². The lowest BCUT2D eigenvalue weighted by molar-refractivity contribution is -0.658. The van der Waals surface area contributed by atoms with Crippen LogP contribution >= 0.6 is 34.4 Å². The second kappa shape index (κ2) is 10.9. The van der Waals surface area contributed by atoms with Gasteiger partial charge in [0, 0.05) is 22.1 Å².